The van der Waals surface area contributed by atoms with Crippen LogP contribution in [-0.4, -0.2) is 20.7 Å². The minimum absolute atomic E-state index is 0.745. The molecule has 1 aromatic rings. The number of hydrogen-bond donors (Lipinski definition) is 1. The number of hydrogen-bond acceptors (Lipinski definition) is 2. The van der Waals surface area contributed by atoms with Crippen molar-refractivity contribution >= 4 is 0 Å². The SMILES string of the molecule is CCCCCCCC(CNC)Cc1ccc(OC)cc1. The Hall–Kier alpha value is -1.02. The lowest BCUT2D eigenvalue weighted by Crippen LogP contribution is -2.20. The molecule has 0 bridgehead atoms. The average Bonchev–Trinajstić information content (AvgIpc) is 2.48. The van der Waals surface area contributed by atoms with E-state index in [2.05, 4.69) is 43.6 Å². The maximum absolute atomic E-state index is 5.21. The van der Waals surface area contributed by atoms with E-state index in [4.69, 9.17) is 4.74 Å². The molecule has 20 heavy (non-hydrogen) atoms. The van der Waals surface area contributed by atoms with Crippen molar-refractivity contribution < 1.29 is 4.74 Å². The summed E-state index contributed by atoms with van der Waals surface area (Å²) in [6.07, 6.45) is 9.35. The maximum Gasteiger partial charge on any atom is 0.118 e. The fraction of sp³-hybridized carbons (Fsp3) is 0.667. The van der Waals surface area contributed by atoms with Gasteiger partial charge in [-0.3, -0.25) is 0 Å². The molecule has 0 heterocycles. The van der Waals surface area contributed by atoms with Gasteiger partial charge in [0.05, 0.1) is 7.11 Å². The molecule has 0 radical (unpaired) electrons. The molecule has 0 aliphatic heterocycles. The first-order valence-corrected chi connectivity index (χ1v) is 8.07. The average molecular weight is 277 g/mol. The number of methoxy groups -OCH3 is 1. The quantitative estimate of drug-likeness (QED) is 0.604. The Balaban J connectivity index is 2.36. The predicted molar refractivity (Wildman–Crippen MR) is 87.5 cm³/mol. The summed E-state index contributed by atoms with van der Waals surface area (Å²) in [4.78, 5) is 0. The van der Waals surface area contributed by atoms with Gasteiger partial charge in [0.25, 0.3) is 0 Å². The van der Waals surface area contributed by atoms with Crippen LogP contribution >= 0.6 is 0 Å². The van der Waals surface area contributed by atoms with E-state index in [0.29, 0.717) is 0 Å². The highest BCUT2D eigenvalue weighted by Crippen LogP contribution is 2.18. The summed E-state index contributed by atoms with van der Waals surface area (Å²) in [6, 6.07) is 8.51. The molecule has 0 aliphatic carbocycles. The first-order chi connectivity index (χ1) is 9.80. The molecule has 1 unspecified atom stereocenters. The molecule has 1 atom stereocenters. The van der Waals surface area contributed by atoms with E-state index in [1.165, 1.54) is 50.5 Å². The molecule has 1 N–H and O–H groups in total. The van der Waals surface area contributed by atoms with Crippen molar-refractivity contribution in [1.82, 2.24) is 5.32 Å². The number of nitrogens with one attached hydrogen (secondary N) is 1. The van der Waals surface area contributed by atoms with E-state index in [-0.39, 0.29) is 0 Å². The Morgan fingerprint density at radius 3 is 2.35 bits per heavy atom. The molecule has 1 rings (SSSR count). The molecule has 0 saturated carbocycles. The van der Waals surface area contributed by atoms with Crippen molar-refractivity contribution in [2.24, 2.45) is 5.92 Å². The highest BCUT2D eigenvalue weighted by atomic mass is 16.5. The number of unbranched alkanes of at least 4 members (excludes halogenated alkanes) is 4. The summed E-state index contributed by atoms with van der Waals surface area (Å²) >= 11 is 0. The second-order valence-electron chi connectivity index (χ2n) is 5.68. The highest BCUT2D eigenvalue weighted by Gasteiger charge is 2.09. The van der Waals surface area contributed by atoms with Crippen LogP contribution in [0.3, 0.4) is 0 Å². The smallest absolute Gasteiger partial charge is 0.118 e. The van der Waals surface area contributed by atoms with Gasteiger partial charge in [0, 0.05) is 0 Å². The normalized spacial score (nSPS) is 12.3. The van der Waals surface area contributed by atoms with Crippen molar-refractivity contribution in [2.45, 2.75) is 51.9 Å². The summed E-state index contributed by atoms with van der Waals surface area (Å²) in [7, 11) is 3.77. The fourth-order valence-corrected chi connectivity index (χ4v) is 2.70. The zero-order chi connectivity index (χ0) is 14.6. The summed E-state index contributed by atoms with van der Waals surface area (Å²) in [5.74, 6) is 1.69. The van der Waals surface area contributed by atoms with Gasteiger partial charge in [-0.2, -0.15) is 0 Å². The van der Waals surface area contributed by atoms with Crippen LogP contribution in [0.5, 0.6) is 5.75 Å². The Kier molecular flexibility index (Phi) is 9.14. The van der Waals surface area contributed by atoms with E-state index in [9.17, 15) is 0 Å². The number of benzene rings is 1. The van der Waals surface area contributed by atoms with Gasteiger partial charge < -0.3 is 10.1 Å². The van der Waals surface area contributed by atoms with Crippen molar-refractivity contribution in [3.8, 4) is 5.75 Å². The lowest BCUT2D eigenvalue weighted by molar-refractivity contribution is 0.413. The monoisotopic (exact) mass is 277 g/mol. The lowest BCUT2D eigenvalue weighted by Gasteiger charge is -2.17. The Morgan fingerprint density at radius 1 is 1.05 bits per heavy atom. The van der Waals surface area contributed by atoms with Crippen molar-refractivity contribution in [2.75, 3.05) is 20.7 Å². The van der Waals surface area contributed by atoms with Crippen molar-refractivity contribution in [3.05, 3.63) is 29.8 Å². The predicted octanol–water partition coefficient (Wildman–Crippen LogP) is 4.43. The van der Waals surface area contributed by atoms with Gasteiger partial charge in [0.1, 0.15) is 5.75 Å². The number of ether oxygens (including phenoxy) is 1. The minimum atomic E-state index is 0.745. The van der Waals surface area contributed by atoms with E-state index in [0.717, 1.165) is 18.2 Å². The van der Waals surface area contributed by atoms with Crippen molar-refractivity contribution in [3.63, 3.8) is 0 Å². The zero-order valence-corrected chi connectivity index (χ0v) is 13.5. The van der Waals surface area contributed by atoms with Gasteiger partial charge in [0.2, 0.25) is 0 Å². The minimum Gasteiger partial charge on any atom is -0.497 e. The molecule has 0 spiro atoms. The molecule has 2 heteroatoms. The lowest BCUT2D eigenvalue weighted by atomic mass is 9.93. The molecule has 0 amide bonds. The van der Waals surface area contributed by atoms with Gasteiger partial charge in [-0.1, -0.05) is 51.2 Å². The van der Waals surface area contributed by atoms with Crippen LogP contribution in [0.4, 0.5) is 0 Å². The topological polar surface area (TPSA) is 21.3 Å². The van der Waals surface area contributed by atoms with E-state index >= 15 is 0 Å². The van der Waals surface area contributed by atoms with Gasteiger partial charge in [-0.15, -0.1) is 0 Å². The van der Waals surface area contributed by atoms with Gasteiger partial charge in [-0.05, 0) is 50.0 Å². The summed E-state index contributed by atoms with van der Waals surface area (Å²) < 4.78 is 5.21. The van der Waals surface area contributed by atoms with Crippen LogP contribution in [0, 0.1) is 5.92 Å². The van der Waals surface area contributed by atoms with Gasteiger partial charge >= 0.3 is 0 Å². The van der Waals surface area contributed by atoms with Gasteiger partial charge in [0.15, 0.2) is 0 Å². The first-order valence-electron chi connectivity index (χ1n) is 8.07. The van der Waals surface area contributed by atoms with Gasteiger partial charge in [-0.25, -0.2) is 0 Å². The Bertz CT molecular complexity index is 334. The highest BCUT2D eigenvalue weighted by molar-refractivity contribution is 5.27. The standard InChI is InChI=1S/C18H31NO/c1-4-5-6-7-8-9-17(15-19-2)14-16-10-12-18(20-3)13-11-16/h10-13,17,19H,4-9,14-15H2,1-3H3. The van der Waals surface area contributed by atoms with Crippen LogP contribution in [0.25, 0.3) is 0 Å². The van der Waals surface area contributed by atoms with E-state index < -0.39 is 0 Å². The second-order valence-corrected chi connectivity index (χ2v) is 5.68. The number of rotatable bonds is 11. The summed E-state index contributed by atoms with van der Waals surface area (Å²) in [5, 5.41) is 3.34. The molecule has 0 saturated heterocycles. The van der Waals surface area contributed by atoms with E-state index in [1.807, 2.05) is 0 Å². The summed E-state index contributed by atoms with van der Waals surface area (Å²) in [6.45, 7) is 3.38. The molecule has 0 aromatic heterocycles. The van der Waals surface area contributed by atoms with E-state index in [1.54, 1.807) is 7.11 Å². The fourth-order valence-electron chi connectivity index (χ4n) is 2.70. The Labute approximate surface area is 124 Å². The third-order valence-corrected chi connectivity index (χ3v) is 3.89. The molecular weight excluding hydrogens is 246 g/mol. The van der Waals surface area contributed by atoms with Crippen LogP contribution in [0.15, 0.2) is 24.3 Å². The van der Waals surface area contributed by atoms with Crippen LogP contribution in [-0.2, 0) is 6.42 Å². The summed E-state index contributed by atoms with van der Waals surface area (Å²) in [5.41, 5.74) is 1.42. The third-order valence-electron chi connectivity index (χ3n) is 3.89. The maximum atomic E-state index is 5.21. The molecule has 0 fully saturated rings. The molecule has 114 valence electrons. The molecule has 1 aromatic carbocycles. The van der Waals surface area contributed by atoms with Crippen LogP contribution in [0.1, 0.15) is 51.0 Å². The molecular formula is C18H31NO. The molecule has 2 nitrogen and oxygen atoms in total. The van der Waals surface area contributed by atoms with Crippen LogP contribution in [0.2, 0.25) is 0 Å². The van der Waals surface area contributed by atoms with Crippen LogP contribution < -0.4 is 10.1 Å². The largest absolute Gasteiger partial charge is 0.497 e. The Morgan fingerprint density at radius 2 is 1.75 bits per heavy atom. The zero-order valence-electron chi connectivity index (χ0n) is 13.5. The van der Waals surface area contributed by atoms with Crippen molar-refractivity contribution in [1.29, 1.82) is 0 Å². The molecule has 0 aliphatic rings. The second kappa shape index (κ2) is 10.7. The third kappa shape index (κ3) is 6.95. The first kappa shape index (κ1) is 17.0.